The van der Waals surface area contributed by atoms with Crippen molar-refractivity contribution in [2.24, 2.45) is 11.1 Å². The van der Waals surface area contributed by atoms with E-state index in [-0.39, 0.29) is 17.3 Å². The number of carbonyl (C=O) groups excluding carboxylic acids is 2. The molecule has 5 nitrogen and oxygen atoms in total. The molecule has 0 atom stereocenters. The number of hydrogen-bond donors (Lipinski definition) is 2. The van der Waals surface area contributed by atoms with Crippen LogP contribution in [0.3, 0.4) is 0 Å². The van der Waals surface area contributed by atoms with E-state index in [1.54, 1.807) is 0 Å². The number of rotatable bonds is 6. The molecule has 1 aliphatic carbocycles. The molecule has 0 aromatic rings. The van der Waals surface area contributed by atoms with Crippen LogP contribution in [0, 0.1) is 5.41 Å². The molecule has 1 amide bonds. The minimum atomic E-state index is -0.356. The number of nitrogens with two attached hydrogens (primary N) is 1. The van der Waals surface area contributed by atoms with Crippen LogP contribution in [0.2, 0.25) is 0 Å². The van der Waals surface area contributed by atoms with E-state index < -0.39 is 0 Å². The van der Waals surface area contributed by atoms with Crippen LogP contribution in [0.15, 0.2) is 0 Å². The first kappa shape index (κ1) is 14.0. The Labute approximate surface area is 102 Å². The first-order chi connectivity index (χ1) is 8.14. The van der Waals surface area contributed by atoms with E-state index in [1.807, 2.05) is 0 Å². The second-order valence-electron chi connectivity index (χ2n) is 4.63. The van der Waals surface area contributed by atoms with E-state index in [2.05, 4.69) is 10.1 Å². The molecule has 0 bridgehead atoms. The Balaban J connectivity index is 2.26. The monoisotopic (exact) mass is 242 g/mol. The van der Waals surface area contributed by atoms with E-state index in [0.29, 0.717) is 25.9 Å². The minimum Gasteiger partial charge on any atom is -0.469 e. The summed E-state index contributed by atoms with van der Waals surface area (Å²) in [5.41, 5.74) is 5.35. The maximum Gasteiger partial charge on any atom is 0.305 e. The molecule has 1 rings (SSSR count). The average Bonchev–Trinajstić information content (AvgIpc) is 2.83. The maximum absolute atomic E-state index is 12.0. The Morgan fingerprint density at radius 2 is 2.00 bits per heavy atom. The van der Waals surface area contributed by atoms with E-state index in [0.717, 1.165) is 25.7 Å². The van der Waals surface area contributed by atoms with Crippen molar-refractivity contribution < 1.29 is 14.3 Å². The molecule has 0 aromatic carbocycles. The van der Waals surface area contributed by atoms with Crippen molar-refractivity contribution in [1.82, 2.24) is 5.32 Å². The van der Waals surface area contributed by atoms with Crippen LogP contribution in [0.25, 0.3) is 0 Å². The number of ether oxygens (including phenoxy) is 1. The van der Waals surface area contributed by atoms with Crippen molar-refractivity contribution >= 4 is 11.9 Å². The van der Waals surface area contributed by atoms with Gasteiger partial charge in [0, 0.05) is 19.5 Å². The lowest BCUT2D eigenvalue weighted by Gasteiger charge is -2.25. The average molecular weight is 242 g/mol. The molecule has 0 spiro atoms. The number of amides is 1. The molecular formula is C12H22N2O3. The van der Waals surface area contributed by atoms with Gasteiger partial charge in [-0.1, -0.05) is 12.8 Å². The summed E-state index contributed by atoms with van der Waals surface area (Å²) >= 11 is 0. The van der Waals surface area contributed by atoms with Crippen LogP contribution in [0.1, 0.15) is 38.5 Å². The number of hydrogen-bond acceptors (Lipinski definition) is 4. The minimum absolute atomic E-state index is 0.0439. The normalized spacial score (nSPS) is 17.8. The maximum atomic E-state index is 12.0. The van der Waals surface area contributed by atoms with Gasteiger partial charge in [0.2, 0.25) is 5.91 Å². The van der Waals surface area contributed by atoms with Gasteiger partial charge in [0.25, 0.3) is 0 Å². The number of nitrogens with one attached hydrogen (secondary N) is 1. The van der Waals surface area contributed by atoms with Gasteiger partial charge in [-0.15, -0.1) is 0 Å². The molecule has 1 aliphatic rings. The molecular weight excluding hydrogens is 220 g/mol. The van der Waals surface area contributed by atoms with E-state index in [1.165, 1.54) is 7.11 Å². The molecule has 17 heavy (non-hydrogen) atoms. The largest absolute Gasteiger partial charge is 0.469 e. The zero-order valence-corrected chi connectivity index (χ0v) is 10.5. The molecule has 0 unspecified atom stereocenters. The Kier molecular flexibility index (Phi) is 5.41. The molecule has 0 radical (unpaired) electrons. The van der Waals surface area contributed by atoms with Gasteiger partial charge < -0.3 is 15.8 Å². The van der Waals surface area contributed by atoms with Crippen molar-refractivity contribution in [2.75, 3.05) is 20.2 Å². The van der Waals surface area contributed by atoms with Gasteiger partial charge in [0.15, 0.2) is 0 Å². The lowest BCUT2D eigenvalue weighted by atomic mass is 9.85. The highest BCUT2D eigenvalue weighted by Gasteiger charge is 2.39. The zero-order valence-electron chi connectivity index (χ0n) is 10.5. The highest BCUT2D eigenvalue weighted by Crippen LogP contribution is 2.37. The Hall–Kier alpha value is -1.10. The van der Waals surface area contributed by atoms with Crippen LogP contribution >= 0.6 is 0 Å². The number of methoxy groups -OCH3 is 1. The smallest absolute Gasteiger partial charge is 0.305 e. The van der Waals surface area contributed by atoms with Gasteiger partial charge in [-0.2, -0.15) is 0 Å². The van der Waals surface area contributed by atoms with E-state index in [9.17, 15) is 9.59 Å². The Morgan fingerprint density at radius 3 is 2.53 bits per heavy atom. The fourth-order valence-electron chi connectivity index (χ4n) is 2.30. The van der Waals surface area contributed by atoms with Crippen LogP contribution in [-0.4, -0.2) is 32.1 Å². The molecule has 98 valence electrons. The predicted molar refractivity (Wildman–Crippen MR) is 64.2 cm³/mol. The topological polar surface area (TPSA) is 81.4 Å². The van der Waals surface area contributed by atoms with Crippen molar-refractivity contribution in [3.63, 3.8) is 0 Å². The summed E-state index contributed by atoms with van der Waals surface area (Å²) in [7, 11) is 1.36. The molecule has 1 saturated carbocycles. The highest BCUT2D eigenvalue weighted by atomic mass is 16.5. The van der Waals surface area contributed by atoms with Crippen molar-refractivity contribution in [3.8, 4) is 0 Å². The molecule has 5 heteroatoms. The fraction of sp³-hybridized carbons (Fsp3) is 0.833. The van der Waals surface area contributed by atoms with E-state index >= 15 is 0 Å². The van der Waals surface area contributed by atoms with Crippen molar-refractivity contribution in [2.45, 2.75) is 38.5 Å². The number of esters is 1. The zero-order chi connectivity index (χ0) is 12.7. The third kappa shape index (κ3) is 3.70. The SMILES string of the molecule is COC(=O)CCCNC(=O)C1(CN)CCCC1. The van der Waals surface area contributed by atoms with Crippen LogP contribution in [-0.2, 0) is 14.3 Å². The fourth-order valence-corrected chi connectivity index (χ4v) is 2.30. The third-order valence-electron chi connectivity index (χ3n) is 3.50. The standard InChI is InChI=1S/C12H22N2O3/c1-17-10(15)5-4-8-14-11(16)12(9-13)6-2-3-7-12/h2-9,13H2,1H3,(H,14,16). The van der Waals surface area contributed by atoms with Gasteiger partial charge in [0.05, 0.1) is 12.5 Å². The summed E-state index contributed by atoms with van der Waals surface area (Å²) < 4.78 is 4.53. The summed E-state index contributed by atoms with van der Waals surface area (Å²) in [5, 5.41) is 2.87. The second kappa shape index (κ2) is 6.59. The summed E-state index contributed by atoms with van der Waals surface area (Å²) in [4.78, 5) is 22.9. The molecule has 1 fully saturated rings. The van der Waals surface area contributed by atoms with Crippen LogP contribution in [0.5, 0.6) is 0 Å². The molecule has 0 saturated heterocycles. The lowest BCUT2D eigenvalue weighted by Crippen LogP contribution is -2.44. The third-order valence-corrected chi connectivity index (χ3v) is 3.50. The van der Waals surface area contributed by atoms with E-state index in [4.69, 9.17) is 5.73 Å². The summed E-state index contributed by atoms with van der Waals surface area (Å²) in [6.07, 6.45) is 4.86. The second-order valence-corrected chi connectivity index (χ2v) is 4.63. The molecule has 3 N–H and O–H groups in total. The van der Waals surface area contributed by atoms with Crippen molar-refractivity contribution in [1.29, 1.82) is 0 Å². The van der Waals surface area contributed by atoms with Crippen molar-refractivity contribution in [3.05, 3.63) is 0 Å². The predicted octanol–water partition coefficient (Wildman–Crippen LogP) is 0.575. The first-order valence-electron chi connectivity index (χ1n) is 6.20. The Bertz CT molecular complexity index is 273. The Morgan fingerprint density at radius 1 is 1.35 bits per heavy atom. The summed E-state index contributed by atoms with van der Waals surface area (Å²) in [5.74, 6) is -0.198. The lowest BCUT2D eigenvalue weighted by molar-refractivity contribution is -0.141. The molecule has 0 aliphatic heterocycles. The van der Waals surface area contributed by atoms with Crippen LogP contribution < -0.4 is 11.1 Å². The van der Waals surface area contributed by atoms with Gasteiger partial charge >= 0.3 is 5.97 Å². The first-order valence-corrected chi connectivity index (χ1v) is 6.20. The van der Waals surface area contributed by atoms with Gasteiger partial charge in [-0.25, -0.2) is 0 Å². The number of carbonyl (C=O) groups is 2. The molecule has 0 heterocycles. The quantitative estimate of drug-likeness (QED) is 0.527. The highest BCUT2D eigenvalue weighted by molar-refractivity contribution is 5.83. The summed E-state index contributed by atoms with van der Waals surface area (Å²) in [6, 6.07) is 0. The van der Waals surface area contributed by atoms with Gasteiger partial charge in [0.1, 0.15) is 0 Å². The molecule has 0 aromatic heterocycles. The van der Waals surface area contributed by atoms with Crippen LogP contribution in [0.4, 0.5) is 0 Å². The van der Waals surface area contributed by atoms with Gasteiger partial charge in [-0.3, -0.25) is 9.59 Å². The van der Waals surface area contributed by atoms with Gasteiger partial charge in [-0.05, 0) is 19.3 Å². The summed E-state index contributed by atoms with van der Waals surface area (Å²) in [6.45, 7) is 0.922.